The van der Waals surface area contributed by atoms with Gasteiger partial charge < -0.3 is 9.80 Å². The lowest BCUT2D eigenvalue weighted by Gasteiger charge is -2.22. The molecule has 0 bridgehead atoms. The third kappa shape index (κ3) is 3.51. The van der Waals surface area contributed by atoms with Crippen molar-refractivity contribution in [2.45, 2.75) is 20.0 Å². The second-order valence-corrected chi connectivity index (χ2v) is 6.99. The van der Waals surface area contributed by atoms with Crippen molar-refractivity contribution in [3.05, 3.63) is 52.7 Å². The molecule has 0 atom stereocenters. The van der Waals surface area contributed by atoms with Crippen molar-refractivity contribution >= 4 is 27.4 Å². The summed E-state index contributed by atoms with van der Waals surface area (Å²) in [6.07, 6.45) is 0. The van der Waals surface area contributed by atoms with Crippen molar-refractivity contribution in [3.8, 4) is 0 Å². The van der Waals surface area contributed by atoms with Crippen LogP contribution in [0.25, 0.3) is 10.2 Å². The van der Waals surface area contributed by atoms with Crippen LogP contribution < -0.4 is 4.90 Å². The van der Waals surface area contributed by atoms with E-state index >= 15 is 0 Å². The van der Waals surface area contributed by atoms with Gasteiger partial charge in [0.2, 0.25) is 0 Å². The zero-order valence-electron chi connectivity index (χ0n) is 14.1. The molecule has 2 heterocycles. The van der Waals surface area contributed by atoms with Gasteiger partial charge in [-0.1, -0.05) is 24.3 Å². The summed E-state index contributed by atoms with van der Waals surface area (Å²) in [7, 11) is 6.30. The first-order valence-corrected chi connectivity index (χ1v) is 8.57. The predicted octanol–water partition coefficient (Wildman–Crippen LogP) is 3.70. The van der Waals surface area contributed by atoms with Crippen LogP contribution in [0.4, 0.5) is 5.82 Å². The van der Waals surface area contributed by atoms with E-state index in [0.29, 0.717) is 0 Å². The average Bonchev–Trinajstić information content (AvgIpc) is 2.95. The van der Waals surface area contributed by atoms with E-state index in [9.17, 15) is 0 Å². The molecule has 23 heavy (non-hydrogen) atoms. The van der Waals surface area contributed by atoms with E-state index in [2.05, 4.69) is 76.6 Å². The summed E-state index contributed by atoms with van der Waals surface area (Å²) in [5.41, 5.74) is 2.69. The lowest BCUT2D eigenvalue weighted by atomic mass is 10.1. The summed E-state index contributed by atoms with van der Waals surface area (Å²) in [5, 5.41) is 3.21. The molecule has 0 spiro atoms. The SMILES string of the molecule is Cc1nc(N(C)Cc2ccccc2CN(C)C)c2ccsc2n1. The summed E-state index contributed by atoms with van der Waals surface area (Å²) in [5.74, 6) is 1.83. The smallest absolute Gasteiger partial charge is 0.141 e. The molecule has 5 heteroatoms. The van der Waals surface area contributed by atoms with E-state index in [4.69, 9.17) is 0 Å². The quantitative estimate of drug-likeness (QED) is 0.716. The van der Waals surface area contributed by atoms with Gasteiger partial charge in [-0.2, -0.15) is 0 Å². The normalized spacial score (nSPS) is 11.3. The third-order valence-corrected chi connectivity index (χ3v) is 4.60. The maximum Gasteiger partial charge on any atom is 0.141 e. The van der Waals surface area contributed by atoms with Gasteiger partial charge in [0.1, 0.15) is 16.5 Å². The van der Waals surface area contributed by atoms with Gasteiger partial charge in [0.05, 0.1) is 5.39 Å². The first-order valence-electron chi connectivity index (χ1n) is 7.69. The van der Waals surface area contributed by atoms with Crippen molar-refractivity contribution in [2.24, 2.45) is 0 Å². The molecule has 0 fully saturated rings. The molecule has 3 aromatic rings. The molecule has 3 rings (SSSR count). The van der Waals surface area contributed by atoms with E-state index in [1.165, 1.54) is 11.1 Å². The third-order valence-electron chi connectivity index (χ3n) is 3.79. The van der Waals surface area contributed by atoms with Gasteiger partial charge in [0.25, 0.3) is 0 Å². The van der Waals surface area contributed by atoms with Gasteiger partial charge >= 0.3 is 0 Å². The van der Waals surface area contributed by atoms with Crippen molar-refractivity contribution in [1.29, 1.82) is 0 Å². The number of rotatable bonds is 5. The minimum atomic E-state index is 0.823. The maximum atomic E-state index is 4.67. The van der Waals surface area contributed by atoms with Crippen molar-refractivity contribution < 1.29 is 0 Å². The van der Waals surface area contributed by atoms with Crippen LogP contribution >= 0.6 is 11.3 Å². The van der Waals surface area contributed by atoms with Gasteiger partial charge in [0.15, 0.2) is 0 Å². The largest absolute Gasteiger partial charge is 0.355 e. The highest BCUT2D eigenvalue weighted by molar-refractivity contribution is 7.16. The van der Waals surface area contributed by atoms with Crippen molar-refractivity contribution in [2.75, 3.05) is 26.0 Å². The molecule has 0 aliphatic carbocycles. The molecule has 0 aliphatic rings. The van der Waals surface area contributed by atoms with Crippen LogP contribution in [0.15, 0.2) is 35.7 Å². The van der Waals surface area contributed by atoms with Gasteiger partial charge in [-0.05, 0) is 43.6 Å². The van der Waals surface area contributed by atoms with Gasteiger partial charge in [-0.15, -0.1) is 11.3 Å². The Morgan fingerprint density at radius 1 is 0.957 bits per heavy atom. The standard InChI is InChI=1S/C18H22N4S/c1-13-19-17(16-9-10-23-18(16)20-13)22(4)12-15-8-6-5-7-14(15)11-21(2)3/h5-10H,11-12H2,1-4H3. The number of thiophene rings is 1. The highest BCUT2D eigenvalue weighted by atomic mass is 32.1. The predicted molar refractivity (Wildman–Crippen MR) is 98.1 cm³/mol. The fourth-order valence-electron chi connectivity index (χ4n) is 2.77. The van der Waals surface area contributed by atoms with Crippen LogP contribution in [-0.4, -0.2) is 36.0 Å². The van der Waals surface area contributed by atoms with Gasteiger partial charge in [-0.3, -0.25) is 0 Å². The molecule has 0 radical (unpaired) electrons. The lowest BCUT2D eigenvalue weighted by Crippen LogP contribution is -2.21. The summed E-state index contributed by atoms with van der Waals surface area (Å²) >= 11 is 1.67. The molecule has 0 N–H and O–H groups in total. The Morgan fingerprint density at radius 3 is 2.35 bits per heavy atom. The first-order chi connectivity index (χ1) is 11.0. The highest BCUT2D eigenvalue weighted by Crippen LogP contribution is 2.28. The van der Waals surface area contributed by atoms with Crippen molar-refractivity contribution in [1.82, 2.24) is 14.9 Å². The Bertz CT molecular complexity index is 810. The van der Waals surface area contributed by atoms with Crippen LogP contribution in [-0.2, 0) is 13.1 Å². The molecular weight excluding hydrogens is 304 g/mol. The lowest BCUT2D eigenvalue weighted by molar-refractivity contribution is 0.401. The Labute approximate surface area is 141 Å². The number of hydrogen-bond donors (Lipinski definition) is 0. The first kappa shape index (κ1) is 15.9. The topological polar surface area (TPSA) is 32.3 Å². The fraction of sp³-hybridized carbons (Fsp3) is 0.333. The van der Waals surface area contributed by atoms with Gasteiger partial charge in [-0.25, -0.2) is 9.97 Å². The van der Waals surface area contributed by atoms with E-state index in [1.807, 2.05) is 6.92 Å². The van der Waals surface area contributed by atoms with Crippen LogP contribution in [0.3, 0.4) is 0 Å². The Hall–Kier alpha value is -1.98. The minimum absolute atomic E-state index is 0.823. The maximum absolute atomic E-state index is 4.67. The number of anilines is 1. The number of aromatic nitrogens is 2. The van der Waals surface area contributed by atoms with E-state index in [1.54, 1.807) is 11.3 Å². The van der Waals surface area contributed by atoms with Crippen LogP contribution in [0, 0.1) is 6.92 Å². The molecule has 0 unspecified atom stereocenters. The number of aryl methyl sites for hydroxylation is 1. The Kier molecular flexibility index (Phi) is 4.59. The number of hydrogen-bond acceptors (Lipinski definition) is 5. The number of fused-ring (bicyclic) bond motifs is 1. The Morgan fingerprint density at radius 2 is 1.65 bits per heavy atom. The summed E-state index contributed by atoms with van der Waals surface area (Å²) in [4.78, 5) is 14.7. The molecule has 4 nitrogen and oxygen atoms in total. The second-order valence-electron chi connectivity index (χ2n) is 6.10. The van der Waals surface area contributed by atoms with E-state index < -0.39 is 0 Å². The molecule has 120 valence electrons. The zero-order valence-corrected chi connectivity index (χ0v) is 14.9. The number of nitrogens with zero attached hydrogens (tertiary/aromatic N) is 4. The summed E-state index contributed by atoms with van der Waals surface area (Å²) in [6.45, 7) is 3.74. The molecule has 0 amide bonds. The second kappa shape index (κ2) is 6.64. The molecular formula is C18H22N4S. The van der Waals surface area contributed by atoms with Crippen LogP contribution in [0.2, 0.25) is 0 Å². The Balaban J connectivity index is 1.92. The molecule has 2 aromatic heterocycles. The molecule has 0 aliphatic heterocycles. The van der Waals surface area contributed by atoms with E-state index in [-0.39, 0.29) is 0 Å². The van der Waals surface area contributed by atoms with E-state index in [0.717, 1.165) is 34.9 Å². The minimum Gasteiger partial charge on any atom is -0.355 e. The van der Waals surface area contributed by atoms with Crippen LogP contribution in [0.5, 0.6) is 0 Å². The number of benzene rings is 1. The van der Waals surface area contributed by atoms with Crippen molar-refractivity contribution in [3.63, 3.8) is 0 Å². The summed E-state index contributed by atoms with van der Waals surface area (Å²) < 4.78 is 0. The molecule has 0 saturated heterocycles. The monoisotopic (exact) mass is 326 g/mol. The average molecular weight is 326 g/mol. The molecule has 0 saturated carbocycles. The van der Waals surface area contributed by atoms with Gasteiger partial charge in [0, 0.05) is 20.1 Å². The summed E-state index contributed by atoms with van der Waals surface area (Å²) in [6, 6.07) is 10.7. The fourth-order valence-corrected chi connectivity index (χ4v) is 3.58. The zero-order chi connectivity index (χ0) is 16.4. The molecule has 1 aromatic carbocycles. The highest BCUT2D eigenvalue weighted by Gasteiger charge is 2.13. The van der Waals surface area contributed by atoms with Crippen LogP contribution in [0.1, 0.15) is 17.0 Å².